The van der Waals surface area contributed by atoms with Gasteiger partial charge in [-0.2, -0.15) is 18.4 Å². The number of para-hydroxylation sites is 1. The van der Waals surface area contributed by atoms with E-state index in [2.05, 4.69) is 18.3 Å². The second-order valence-electron chi connectivity index (χ2n) is 12.9. The van der Waals surface area contributed by atoms with Crippen LogP contribution in [0.3, 0.4) is 0 Å². The van der Waals surface area contributed by atoms with Gasteiger partial charge in [0.1, 0.15) is 11.6 Å². The number of benzene rings is 3. The minimum atomic E-state index is -4.85. The summed E-state index contributed by atoms with van der Waals surface area (Å²) in [6, 6.07) is 21.3. The number of carboxylic acids is 1. The maximum atomic E-state index is 13.5. The van der Waals surface area contributed by atoms with Crippen molar-refractivity contribution in [2.45, 2.75) is 105 Å². The average molecular weight is 698 g/mol. The molecule has 5 rings (SSSR count). The van der Waals surface area contributed by atoms with Gasteiger partial charge in [-0.25, -0.2) is 13.2 Å². The van der Waals surface area contributed by atoms with E-state index in [1.165, 1.54) is 62.3 Å². The van der Waals surface area contributed by atoms with Gasteiger partial charge in [0, 0.05) is 17.8 Å². The number of alkyl halides is 3. The van der Waals surface area contributed by atoms with Crippen LogP contribution in [-0.2, 0) is 20.8 Å². The summed E-state index contributed by atoms with van der Waals surface area (Å²) in [7, 11) is -4.46. The molecule has 1 saturated carbocycles. The van der Waals surface area contributed by atoms with Crippen molar-refractivity contribution in [2.75, 3.05) is 18.0 Å². The first-order valence-electron chi connectivity index (χ1n) is 17.1. The molecule has 264 valence electrons. The van der Waals surface area contributed by atoms with Gasteiger partial charge in [-0.15, -0.1) is 0 Å². The van der Waals surface area contributed by atoms with Crippen LogP contribution in [0, 0.1) is 11.3 Å². The first-order valence-corrected chi connectivity index (χ1v) is 18.7. The Morgan fingerprint density at radius 1 is 0.918 bits per heavy atom. The van der Waals surface area contributed by atoms with Crippen LogP contribution in [-0.4, -0.2) is 49.4 Å². The molecule has 1 aliphatic carbocycles. The van der Waals surface area contributed by atoms with Crippen molar-refractivity contribution in [3.05, 3.63) is 84.4 Å². The number of nitrogens with zero attached hydrogens (tertiary/aromatic N) is 2. The van der Waals surface area contributed by atoms with Crippen LogP contribution in [0.15, 0.2) is 83.8 Å². The molecule has 3 aromatic rings. The van der Waals surface area contributed by atoms with Crippen molar-refractivity contribution >= 4 is 21.5 Å². The van der Waals surface area contributed by atoms with Crippen molar-refractivity contribution < 1.29 is 31.5 Å². The summed E-state index contributed by atoms with van der Waals surface area (Å²) >= 11 is 0. The summed E-state index contributed by atoms with van der Waals surface area (Å²) in [5.41, 5.74) is 0.670. The highest BCUT2D eigenvalue weighted by molar-refractivity contribution is 7.92. The zero-order chi connectivity index (χ0) is 35.5. The van der Waals surface area contributed by atoms with E-state index >= 15 is 0 Å². The predicted octanol–water partition coefficient (Wildman–Crippen LogP) is 8.65. The van der Waals surface area contributed by atoms with E-state index in [-0.39, 0.29) is 18.5 Å². The topological polar surface area (TPSA) is 110 Å². The Morgan fingerprint density at radius 3 is 2.12 bits per heavy atom. The third-order valence-electron chi connectivity index (χ3n) is 9.24. The second kappa shape index (κ2) is 17.2. The van der Waals surface area contributed by atoms with Crippen LogP contribution in [0.5, 0.6) is 0 Å². The van der Waals surface area contributed by atoms with Crippen molar-refractivity contribution in [3.8, 4) is 17.2 Å². The fourth-order valence-electron chi connectivity index (χ4n) is 6.28. The molecular weight excluding hydrogens is 651 g/mol. The quantitative estimate of drug-likeness (QED) is 0.153. The fourth-order valence-corrected chi connectivity index (χ4v) is 8.19. The number of carbonyl (C=O) groups is 1. The predicted molar refractivity (Wildman–Crippen MR) is 186 cm³/mol. The molecule has 2 atom stereocenters. The highest BCUT2D eigenvalue weighted by atomic mass is 32.2. The Bertz CT molecular complexity index is 1670. The summed E-state index contributed by atoms with van der Waals surface area (Å²) in [4.78, 5) is 12.7. The summed E-state index contributed by atoms with van der Waals surface area (Å²) < 4.78 is 67.0. The van der Waals surface area contributed by atoms with Crippen molar-refractivity contribution in [3.63, 3.8) is 0 Å². The van der Waals surface area contributed by atoms with Crippen LogP contribution in [0.1, 0.15) is 83.1 Å². The number of unbranched alkanes of at least 4 members (excludes halogenated alkanes) is 7. The van der Waals surface area contributed by atoms with Crippen molar-refractivity contribution in [1.82, 2.24) is 5.32 Å². The zero-order valence-corrected chi connectivity index (χ0v) is 28.8. The molecule has 3 aromatic carbocycles. The monoisotopic (exact) mass is 697 g/mol. The van der Waals surface area contributed by atoms with E-state index in [0.717, 1.165) is 43.1 Å². The molecule has 49 heavy (non-hydrogen) atoms. The molecule has 0 radical (unpaired) electrons. The normalized spacial score (nSPS) is 18.3. The maximum Gasteiger partial charge on any atom is 0.417 e. The van der Waals surface area contributed by atoms with E-state index in [9.17, 15) is 31.5 Å². The molecule has 0 amide bonds. The Labute approximate surface area is 288 Å². The number of anilines is 1. The van der Waals surface area contributed by atoms with E-state index < -0.39 is 43.7 Å². The molecule has 7 nitrogen and oxygen atoms in total. The summed E-state index contributed by atoms with van der Waals surface area (Å²) in [6.07, 6.45) is 7.79. The number of rotatable bonds is 15. The number of nitriles is 1. The molecule has 2 fully saturated rings. The Morgan fingerprint density at radius 2 is 1.51 bits per heavy atom. The van der Waals surface area contributed by atoms with E-state index in [4.69, 9.17) is 5.26 Å². The molecule has 1 heterocycles. The number of halogens is 3. The summed E-state index contributed by atoms with van der Waals surface area (Å²) in [5, 5.41) is 20.8. The number of nitrogens with one attached hydrogen (secondary N) is 1. The van der Waals surface area contributed by atoms with Crippen LogP contribution in [0.2, 0.25) is 0 Å². The van der Waals surface area contributed by atoms with E-state index in [1.807, 2.05) is 30.3 Å². The SMILES string of the molecule is CCCCCCCCCCNC1(C#N)CC1.O=C(O)C1CC(S(=O)(=O)c2ccccc2C(F)(F)F)CN1c1ccccc1-c1ccccc1. The molecule has 2 unspecified atom stereocenters. The third-order valence-corrected chi connectivity index (χ3v) is 11.4. The van der Waals surface area contributed by atoms with E-state index in [1.54, 1.807) is 24.3 Å². The summed E-state index contributed by atoms with van der Waals surface area (Å²) in [5.74, 6) is -1.24. The molecule has 2 aliphatic rings. The number of hydrogen-bond acceptors (Lipinski definition) is 6. The minimum absolute atomic E-state index is 0.110. The lowest BCUT2D eigenvalue weighted by atomic mass is 10.0. The lowest BCUT2D eigenvalue weighted by Gasteiger charge is -2.26. The number of sulfone groups is 1. The molecule has 0 spiro atoms. The van der Waals surface area contributed by atoms with Crippen LogP contribution in [0.4, 0.5) is 18.9 Å². The van der Waals surface area contributed by atoms with Gasteiger partial charge in [-0.1, -0.05) is 113 Å². The number of hydrogen-bond donors (Lipinski definition) is 2. The molecule has 1 aliphatic heterocycles. The Kier molecular flexibility index (Phi) is 13.3. The van der Waals surface area contributed by atoms with Gasteiger partial charge < -0.3 is 10.0 Å². The zero-order valence-electron chi connectivity index (χ0n) is 28.0. The van der Waals surface area contributed by atoms with E-state index in [0.29, 0.717) is 11.3 Å². The highest BCUT2D eigenvalue weighted by Crippen LogP contribution is 2.40. The third kappa shape index (κ3) is 10.1. The van der Waals surface area contributed by atoms with Gasteiger partial charge in [0.05, 0.1) is 21.8 Å². The molecule has 1 saturated heterocycles. The molecular formula is C38H46F3N3O4S. The van der Waals surface area contributed by atoms with Crippen molar-refractivity contribution in [2.24, 2.45) is 0 Å². The van der Waals surface area contributed by atoms with Gasteiger partial charge in [-0.3, -0.25) is 5.32 Å². The highest BCUT2D eigenvalue weighted by Gasteiger charge is 2.47. The number of aliphatic carboxylic acids is 1. The lowest BCUT2D eigenvalue weighted by molar-refractivity contribution is -0.140. The van der Waals surface area contributed by atoms with Gasteiger partial charge in [0.25, 0.3) is 0 Å². The minimum Gasteiger partial charge on any atom is -0.480 e. The van der Waals surface area contributed by atoms with Gasteiger partial charge in [0.15, 0.2) is 9.84 Å². The first-order chi connectivity index (χ1) is 23.4. The number of carboxylic acid groups (broad SMARTS) is 1. The molecule has 11 heteroatoms. The first kappa shape index (κ1) is 37.9. The van der Waals surface area contributed by atoms with Gasteiger partial charge >= 0.3 is 12.1 Å². The Hall–Kier alpha value is -3.88. The Balaban J connectivity index is 0.000000284. The van der Waals surface area contributed by atoms with Gasteiger partial charge in [-0.05, 0) is 56.0 Å². The lowest BCUT2D eigenvalue weighted by Crippen LogP contribution is -2.36. The summed E-state index contributed by atoms with van der Waals surface area (Å²) in [6.45, 7) is 3.05. The molecule has 2 N–H and O–H groups in total. The molecule has 0 aromatic heterocycles. The standard InChI is InChI=1S/C24H20F3NO4S.C14H26N2/c25-24(26,27)19-11-5-7-13-22(19)33(31,32)17-14-21(23(29)30)28(15-17)20-12-6-4-10-18(20)16-8-2-1-3-9-16;1-2-3-4-5-6-7-8-9-12-16-14(13-15)10-11-14/h1-13,17,21H,14-15H2,(H,29,30);16H,2-12H2,1H3. The largest absolute Gasteiger partial charge is 0.480 e. The maximum absolute atomic E-state index is 13.5. The van der Waals surface area contributed by atoms with Crippen LogP contribution >= 0.6 is 0 Å². The fraction of sp³-hybridized carbons (Fsp3) is 0.474. The van der Waals surface area contributed by atoms with Crippen LogP contribution < -0.4 is 10.2 Å². The van der Waals surface area contributed by atoms with Gasteiger partial charge in [0.2, 0.25) is 0 Å². The second-order valence-corrected chi connectivity index (χ2v) is 15.1. The van der Waals surface area contributed by atoms with Crippen LogP contribution in [0.25, 0.3) is 11.1 Å². The smallest absolute Gasteiger partial charge is 0.417 e. The van der Waals surface area contributed by atoms with Crippen molar-refractivity contribution in [1.29, 1.82) is 5.26 Å². The molecule has 0 bridgehead atoms. The average Bonchev–Trinajstić information content (AvgIpc) is 3.73.